The number of carbonyl (C=O) groups excluding carboxylic acids is 3. The van der Waals surface area contributed by atoms with E-state index in [1.807, 2.05) is 6.07 Å². The maximum Gasteiger partial charge on any atom is 0.338 e. The van der Waals surface area contributed by atoms with Crippen molar-refractivity contribution in [3.05, 3.63) is 95.6 Å². The van der Waals surface area contributed by atoms with Gasteiger partial charge >= 0.3 is 5.97 Å². The van der Waals surface area contributed by atoms with Gasteiger partial charge in [-0.05, 0) is 30.3 Å². The maximum absolute atomic E-state index is 12.7. The van der Waals surface area contributed by atoms with Gasteiger partial charge in [-0.3, -0.25) is 9.59 Å². The van der Waals surface area contributed by atoms with Crippen molar-refractivity contribution < 1.29 is 24.2 Å². The van der Waals surface area contributed by atoms with Crippen LogP contribution in [0.15, 0.2) is 78.9 Å². The predicted octanol–water partition coefficient (Wildman–Crippen LogP) is 3.42. The standard InChI is InChI=1S/C22H17NO5/c24-17-10-6-9-16(13-17)22(27)28-14-20(25)23-19-12-5-4-11-18(19)21(26)15-7-2-1-3-8-15/h1-13,24H,14H2,(H,23,25). The average Bonchev–Trinajstić information content (AvgIpc) is 2.72. The first-order valence-electron chi connectivity index (χ1n) is 8.49. The van der Waals surface area contributed by atoms with Gasteiger partial charge in [0.1, 0.15) is 5.75 Å². The highest BCUT2D eigenvalue weighted by Crippen LogP contribution is 2.19. The third-order valence-corrected chi connectivity index (χ3v) is 3.90. The van der Waals surface area contributed by atoms with E-state index in [4.69, 9.17) is 4.74 Å². The molecular formula is C22H17NO5. The molecule has 3 aromatic rings. The van der Waals surface area contributed by atoms with Gasteiger partial charge in [-0.25, -0.2) is 4.79 Å². The second-order valence-electron chi connectivity index (χ2n) is 5.92. The largest absolute Gasteiger partial charge is 0.508 e. The van der Waals surface area contributed by atoms with Gasteiger partial charge in [0.15, 0.2) is 12.4 Å². The molecule has 0 unspecified atom stereocenters. The molecule has 0 aromatic heterocycles. The number of rotatable bonds is 6. The van der Waals surface area contributed by atoms with Gasteiger partial charge in [0, 0.05) is 11.1 Å². The molecule has 0 atom stereocenters. The van der Waals surface area contributed by atoms with E-state index in [-0.39, 0.29) is 17.1 Å². The van der Waals surface area contributed by atoms with Crippen molar-refractivity contribution in [3.63, 3.8) is 0 Å². The zero-order chi connectivity index (χ0) is 19.9. The molecule has 0 aliphatic rings. The number of ether oxygens (including phenoxy) is 1. The Morgan fingerprint density at radius 3 is 2.25 bits per heavy atom. The first-order valence-corrected chi connectivity index (χ1v) is 8.49. The lowest BCUT2D eigenvalue weighted by Crippen LogP contribution is -2.22. The van der Waals surface area contributed by atoms with Crippen LogP contribution in [-0.2, 0) is 9.53 Å². The molecule has 3 aromatic carbocycles. The van der Waals surface area contributed by atoms with E-state index in [0.29, 0.717) is 16.8 Å². The van der Waals surface area contributed by atoms with Gasteiger partial charge < -0.3 is 15.2 Å². The Hall–Kier alpha value is -3.93. The molecule has 3 rings (SSSR count). The summed E-state index contributed by atoms with van der Waals surface area (Å²) in [6.07, 6.45) is 0. The van der Waals surface area contributed by atoms with Crippen molar-refractivity contribution in [2.75, 3.05) is 11.9 Å². The molecule has 0 saturated carbocycles. The van der Waals surface area contributed by atoms with Crippen LogP contribution < -0.4 is 5.32 Å². The maximum atomic E-state index is 12.7. The third-order valence-electron chi connectivity index (χ3n) is 3.90. The number of hydrogen-bond donors (Lipinski definition) is 2. The molecule has 6 nitrogen and oxygen atoms in total. The van der Waals surface area contributed by atoms with E-state index in [1.54, 1.807) is 48.5 Å². The molecule has 2 N–H and O–H groups in total. The highest BCUT2D eigenvalue weighted by molar-refractivity contribution is 6.13. The quantitative estimate of drug-likeness (QED) is 0.509. The lowest BCUT2D eigenvalue weighted by Gasteiger charge is -2.11. The molecule has 0 aliphatic carbocycles. The second-order valence-corrected chi connectivity index (χ2v) is 5.92. The van der Waals surface area contributed by atoms with E-state index < -0.39 is 18.5 Å². The lowest BCUT2D eigenvalue weighted by atomic mass is 10.0. The molecule has 0 aliphatic heterocycles. The van der Waals surface area contributed by atoms with Crippen LogP contribution in [0, 0.1) is 0 Å². The fraction of sp³-hybridized carbons (Fsp3) is 0.0455. The molecule has 0 fully saturated rings. The highest BCUT2D eigenvalue weighted by atomic mass is 16.5. The van der Waals surface area contributed by atoms with Gasteiger partial charge in [0.2, 0.25) is 0 Å². The Morgan fingerprint density at radius 2 is 1.50 bits per heavy atom. The minimum Gasteiger partial charge on any atom is -0.508 e. The number of carbonyl (C=O) groups is 3. The number of benzene rings is 3. The summed E-state index contributed by atoms with van der Waals surface area (Å²) in [5.74, 6) is -1.62. The number of phenolic OH excluding ortho intramolecular Hbond substituents is 1. The summed E-state index contributed by atoms with van der Waals surface area (Å²) in [5.41, 5.74) is 1.29. The molecular weight excluding hydrogens is 358 g/mol. The zero-order valence-corrected chi connectivity index (χ0v) is 14.8. The molecule has 0 heterocycles. The van der Waals surface area contributed by atoms with E-state index in [0.717, 1.165) is 0 Å². The first-order chi connectivity index (χ1) is 13.5. The summed E-state index contributed by atoms with van der Waals surface area (Å²) in [5, 5.41) is 12.0. The van der Waals surface area contributed by atoms with Crippen LogP contribution in [0.4, 0.5) is 5.69 Å². The van der Waals surface area contributed by atoms with Crippen molar-refractivity contribution in [1.29, 1.82) is 0 Å². The average molecular weight is 375 g/mol. The number of aromatic hydroxyl groups is 1. The van der Waals surface area contributed by atoms with Gasteiger partial charge in [-0.15, -0.1) is 0 Å². The summed E-state index contributed by atoms with van der Waals surface area (Å²) in [6.45, 7) is -0.525. The highest BCUT2D eigenvalue weighted by Gasteiger charge is 2.16. The molecule has 0 spiro atoms. The van der Waals surface area contributed by atoms with Crippen LogP contribution in [0.2, 0.25) is 0 Å². The monoisotopic (exact) mass is 375 g/mol. The molecule has 0 bridgehead atoms. The molecule has 140 valence electrons. The van der Waals surface area contributed by atoms with E-state index in [1.165, 1.54) is 24.3 Å². The number of anilines is 1. The van der Waals surface area contributed by atoms with Crippen molar-refractivity contribution in [1.82, 2.24) is 0 Å². The lowest BCUT2D eigenvalue weighted by molar-refractivity contribution is -0.119. The normalized spacial score (nSPS) is 10.1. The summed E-state index contributed by atoms with van der Waals surface area (Å²) < 4.78 is 4.96. The van der Waals surface area contributed by atoms with Crippen LogP contribution >= 0.6 is 0 Å². The number of esters is 1. The molecule has 1 amide bonds. The predicted molar refractivity (Wildman–Crippen MR) is 103 cm³/mol. The summed E-state index contributed by atoms with van der Waals surface area (Å²) in [6, 6.07) is 21.0. The number of amides is 1. The fourth-order valence-electron chi connectivity index (χ4n) is 2.57. The Morgan fingerprint density at radius 1 is 0.821 bits per heavy atom. The van der Waals surface area contributed by atoms with Gasteiger partial charge in [0.05, 0.1) is 11.3 Å². The summed E-state index contributed by atoms with van der Waals surface area (Å²) >= 11 is 0. The Labute approximate surface area is 161 Å². The Kier molecular flexibility index (Phi) is 5.81. The van der Waals surface area contributed by atoms with Gasteiger partial charge in [-0.1, -0.05) is 48.5 Å². The van der Waals surface area contributed by atoms with Crippen LogP contribution in [0.1, 0.15) is 26.3 Å². The van der Waals surface area contributed by atoms with Crippen molar-refractivity contribution in [3.8, 4) is 5.75 Å². The second kappa shape index (κ2) is 8.64. The molecule has 0 radical (unpaired) electrons. The minimum absolute atomic E-state index is 0.0766. The van der Waals surface area contributed by atoms with Crippen LogP contribution in [0.25, 0.3) is 0 Å². The fourth-order valence-corrected chi connectivity index (χ4v) is 2.57. The number of hydrogen-bond acceptors (Lipinski definition) is 5. The first kappa shape index (κ1) is 18.8. The van der Waals surface area contributed by atoms with Gasteiger partial charge in [-0.2, -0.15) is 0 Å². The van der Waals surface area contributed by atoms with E-state index in [2.05, 4.69) is 5.32 Å². The third kappa shape index (κ3) is 4.62. The van der Waals surface area contributed by atoms with Crippen molar-refractivity contribution >= 4 is 23.3 Å². The van der Waals surface area contributed by atoms with E-state index in [9.17, 15) is 19.5 Å². The minimum atomic E-state index is -0.736. The van der Waals surface area contributed by atoms with Gasteiger partial charge in [0.25, 0.3) is 5.91 Å². The van der Waals surface area contributed by atoms with E-state index >= 15 is 0 Å². The van der Waals surface area contributed by atoms with Crippen molar-refractivity contribution in [2.24, 2.45) is 0 Å². The molecule has 28 heavy (non-hydrogen) atoms. The number of nitrogens with one attached hydrogen (secondary N) is 1. The summed E-state index contributed by atoms with van der Waals surface area (Å²) in [7, 11) is 0. The summed E-state index contributed by atoms with van der Waals surface area (Å²) in [4.78, 5) is 36.8. The zero-order valence-electron chi connectivity index (χ0n) is 14.8. The number of phenols is 1. The Balaban J connectivity index is 1.66. The van der Waals surface area contributed by atoms with Crippen LogP contribution in [-0.4, -0.2) is 29.4 Å². The topological polar surface area (TPSA) is 92.7 Å². The Bertz CT molecular complexity index is 1010. The number of ketones is 1. The van der Waals surface area contributed by atoms with Crippen molar-refractivity contribution in [2.45, 2.75) is 0 Å². The SMILES string of the molecule is O=C(COC(=O)c1cccc(O)c1)Nc1ccccc1C(=O)c1ccccc1. The van der Waals surface area contributed by atoms with Crippen LogP contribution in [0.3, 0.4) is 0 Å². The van der Waals surface area contributed by atoms with Crippen LogP contribution in [0.5, 0.6) is 5.75 Å². The smallest absolute Gasteiger partial charge is 0.338 e. The number of para-hydroxylation sites is 1. The molecule has 6 heteroatoms. The molecule has 0 saturated heterocycles.